The van der Waals surface area contributed by atoms with E-state index < -0.39 is 17.6 Å². The highest BCUT2D eigenvalue weighted by Gasteiger charge is 2.20. The summed E-state index contributed by atoms with van der Waals surface area (Å²) in [6.07, 6.45) is 3.10. The molecule has 0 unspecified atom stereocenters. The molecule has 0 bridgehead atoms. The van der Waals surface area contributed by atoms with Gasteiger partial charge >= 0.3 is 0 Å². The number of halogens is 1. The van der Waals surface area contributed by atoms with E-state index in [1.54, 1.807) is 32.5 Å². The van der Waals surface area contributed by atoms with Crippen molar-refractivity contribution in [3.05, 3.63) is 90.5 Å². The van der Waals surface area contributed by atoms with E-state index in [0.29, 0.717) is 22.9 Å². The quantitative estimate of drug-likeness (QED) is 0.132. The summed E-state index contributed by atoms with van der Waals surface area (Å²) >= 11 is 0. The molecule has 41 heavy (non-hydrogen) atoms. The van der Waals surface area contributed by atoms with Crippen LogP contribution < -0.4 is 30.3 Å². The first-order valence-corrected chi connectivity index (χ1v) is 12.9. The van der Waals surface area contributed by atoms with Gasteiger partial charge in [0.25, 0.3) is 11.8 Å². The predicted molar refractivity (Wildman–Crippen MR) is 159 cm³/mol. The molecule has 0 spiro atoms. The Morgan fingerprint density at radius 1 is 0.878 bits per heavy atom. The third kappa shape index (κ3) is 6.91. The van der Waals surface area contributed by atoms with E-state index in [1.165, 1.54) is 30.5 Å². The zero-order valence-corrected chi connectivity index (χ0v) is 23.5. The summed E-state index contributed by atoms with van der Waals surface area (Å²) < 4.78 is 24.1. The molecule has 3 aromatic carbocycles. The van der Waals surface area contributed by atoms with Crippen molar-refractivity contribution in [2.75, 3.05) is 36.8 Å². The summed E-state index contributed by atoms with van der Waals surface area (Å²) in [4.78, 5) is 32.5. The van der Waals surface area contributed by atoms with Gasteiger partial charge in [0.15, 0.2) is 11.5 Å². The Kier molecular flexibility index (Phi) is 9.03. The average Bonchev–Trinajstić information content (AvgIpc) is 2.97. The molecule has 0 radical (unpaired) electrons. The Hall–Kier alpha value is -5.12. The maximum absolute atomic E-state index is 13.3. The molecule has 0 aliphatic carbocycles. The lowest BCUT2D eigenvalue weighted by Crippen LogP contribution is -2.28. The van der Waals surface area contributed by atoms with Crippen LogP contribution in [0, 0.1) is 5.82 Å². The Labute approximate surface area is 238 Å². The van der Waals surface area contributed by atoms with Crippen LogP contribution in [-0.2, 0) is 9.59 Å². The second-order valence-corrected chi connectivity index (χ2v) is 9.45. The molecule has 4 rings (SSSR count). The van der Waals surface area contributed by atoms with Gasteiger partial charge in [-0.15, -0.1) is 0 Å². The van der Waals surface area contributed by atoms with Gasteiger partial charge in [-0.05, 0) is 74.5 Å². The second kappa shape index (κ2) is 12.8. The number of carbonyl (C=O) groups excluding carboxylic acids is 2. The van der Waals surface area contributed by atoms with Gasteiger partial charge in [-0.2, -0.15) is 0 Å². The molecule has 0 fully saturated rings. The highest BCUT2D eigenvalue weighted by atomic mass is 19.1. The van der Waals surface area contributed by atoms with Gasteiger partial charge in [0.1, 0.15) is 11.4 Å². The molecule has 0 saturated heterocycles. The van der Waals surface area contributed by atoms with Gasteiger partial charge in [0, 0.05) is 54.0 Å². The van der Waals surface area contributed by atoms with E-state index in [1.807, 2.05) is 56.1 Å². The van der Waals surface area contributed by atoms with Gasteiger partial charge in [0.05, 0.1) is 25.4 Å². The van der Waals surface area contributed by atoms with Crippen molar-refractivity contribution in [2.24, 2.45) is 0 Å². The van der Waals surface area contributed by atoms with E-state index in [2.05, 4.69) is 20.9 Å². The molecule has 4 aromatic rings. The molecule has 0 aliphatic rings. The smallest absolute Gasteiger partial charge is 0.262 e. The zero-order valence-electron chi connectivity index (χ0n) is 23.5. The average molecular weight is 558 g/mol. The Bertz CT molecular complexity index is 1570. The van der Waals surface area contributed by atoms with Crippen LogP contribution in [0.3, 0.4) is 0 Å². The van der Waals surface area contributed by atoms with Gasteiger partial charge in [0.2, 0.25) is 0 Å². The third-order valence-corrected chi connectivity index (χ3v) is 6.25. The third-order valence-electron chi connectivity index (χ3n) is 6.25. The fraction of sp³-hybridized carbons (Fsp3) is 0.194. The van der Waals surface area contributed by atoms with Crippen molar-refractivity contribution in [1.29, 1.82) is 0 Å². The summed E-state index contributed by atoms with van der Waals surface area (Å²) in [5, 5.41) is 9.27. The first kappa shape index (κ1) is 28.9. The van der Waals surface area contributed by atoms with Crippen molar-refractivity contribution >= 4 is 45.5 Å². The Morgan fingerprint density at radius 2 is 1.44 bits per heavy atom. The molecule has 0 aliphatic heterocycles. The van der Waals surface area contributed by atoms with Gasteiger partial charge < -0.3 is 30.3 Å². The molecule has 212 valence electrons. The first-order chi connectivity index (χ1) is 19.7. The zero-order chi connectivity index (χ0) is 29.5. The van der Waals surface area contributed by atoms with E-state index in [4.69, 9.17) is 9.47 Å². The summed E-state index contributed by atoms with van der Waals surface area (Å²) in [5.41, 5.74) is 3.25. The number of ether oxygens (including phenoxy) is 2. The highest BCUT2D eigenvalue weighted by molar-refractivity contribution is 6.26. The van der Waals surface area contributed by atoms with Crippen LogP contribution in [0.4, 0.5) is 27.1 Å². The minimum absolute atomic E-state index is 0.00318. The highest BCUT2D eigenvalue weighted by Crippen LogP contribution is 2.37. The standard InChI is InChI=1S/C31H32FN5O4/c1-19(2)34-18-25(30(38)35-21-8-6-20(32)7-9-21)31(39)36-22-10-12-23(13-11-22)37(3)27-14-15-33-26-17-29(41-5)28(40-4)16-24(26)27/h6-19,34H,1-5H3,(H,35,38)(H,36,39)/b25-18+. The van der Waals surface area contributed by atoms with Crippen molar-refractivity contribution in [3.63, 3.8) is 0 Å². The largest absolute Gasteiger partial charge is 0.493 e. The number of benzene rings is 3. The van der Waals surface area contributed by atoms with Crippen molar-refractivity contribution in [2.45, 2.75) is 19.9 Å². The van der Waals surface area contributed by atoms with Gasteiger partial charge in [-0.1, -0.05) is 0 Å². The minimum atomic E-state index is -0.629. The molecule has 2 amide bonds. The van der Waals surface area contributed by atoms with Crippen LogP contribution in [-0.4, -0.2) is 44.1 Å². The number of nitrogens with zero attached hydrogens (tertiary/aromatic N) is 2. The van der Waals surface area contributed by atoms with E-state index in [0.717, 1.165) is 22.3 Å². The fourth-order valence-electron chi connectivity index (χ4n) is 4.07. The first-order valence-electron chi connectivity index (χ1n) is 12.9. The summed E-state index contributed by atoms with van der Waals surface area (Å²) in [6, 6.07) is 18.1. The lowest BCUT2D eigenvalue weighted by molar-refractivity contribution is -0.118. The van der Waals surface area contributed by atoms with Crippen LogP contribution in [0.15, 0.2) is 84.7 Å². The maximum atomic E-state index is 13.3. The summed E-state index contributed by atoms with van der Waals surface area (Å²) in [7, 11) is 5.09. The van der Waals surface area contributed by atoms with E-state index >= 15 is 0 Å². The van der Waals surface area contributed by atoms with E-state index in [9.17, 15) is 14.0 Å². The maximum Gasteiger partial charge on any atom is 0.262 e. The number of fused-ring (bicyclic) bond motifs is 1. The van der Waals surface area contributed by atoms with Crippen molar-refractivity contribution in [1.82, 2.24) is 10.3 Å². The SMILES string of the molecule is COc1cc2nccc(N(C)c3ccc(NC(=O)/C(=C/NC(C)C)C(=O)Nc4ccc(F)cc4)cc3)c2cc1OC. The number of pyridine rings is 1. The number of methoxy groups -OCH3 is 2. The fourth-order valence-corrected chi connectivity index (χ4v) is 4.07. The molecule has 1 aromatic heterocycles. The lowest BCUT2D eigenvalue weighted by Gasteiger charge is -2.22. The van der Waals surface area contributed by atoms with Crippen LogP contribution in [0.1, 0.15) is 13.8 Å². The van der Waals surface area contributed by atoms with Gasteiger partial charge in [-0.25, -0.2) is 4.39 Å². The van der Waals surface area contributed by atoms with E-state index in [-0.39, 0.29) is 11.6 Å². The van der Waals surface area contributed by atoms with Crippen molar-refractivity contribution in [3.8, 4) is 11.5 Å². The Balaban J connectivity index is 1.53. The molecule has 9 nitrogen and oxygen atoms in total. The molecule has 3 N–H and O–H groups in total. The second-order valence-electron chi connectivity index (χ2n) is 9.45. The van der Waals surface area contributed by atoms with Crippen LogP contribution in [0.25, 0.3) is 10.9 Å². The van der Waals surface area contributed by atoms with Crippen molar-refractivity contribution < 1.29 is 23.5 Å². The van der Waals surface area contributed by atoms with Gasteiger partial charge in [-0.3, -0.25) is 14.6 Å². The number of amides is 2. The van der Waals surface area contributed by atoms with Crippen LogP contribution in [0.5, 0.6) is 11.5 Å². The summed E-state index contributed by atoms with van der Waals surface area (Å²) in [5.74, 6) is -0.463. The monoisotopic (exact) mass is 557 g/mol. The molecule has 0 saturated carbocycles. The van der Waals surface area contributed by atoms with Crippen LogP contribution >= 0.6 is 0 Å². The normalized spacial score (nSPS) is 11.2. The molecular formula is C31H32FN5O4. The molecular weight excluding hydrogens is 525 g/mol. The number of hydrogen-bond donors (Lipinski definition) is 3. The molecule has 1 heterocycles. The number of anilines is 4. The lowest BCUT2D eigenvalue weighted by atomic mass is 10.1. The predicted octanol–water partition coefficient (Wildman–Crippen LogP) is 5.62. The number of carbonyl (C=O) groups is 2. The topological polar surface area (TPSA) is 105 Å². The number of rotatable bonds is 10. The number of nitrogens with one attached hydrogen (secondary N) is 3. The minimum Gasteiger partial charge on any atom is -0.493 e. The molecule has 10 heteroatoms. The summed E-state index contributed by atoms with van der Waals surface area (Å²) in [6.45, 7) is 3.77. The molecule has 0 atom stereocenters. The number of hydrogen-bond acceptors (Lipinski definition) is 7. The van der Waals surface area contributed by atoms with Crippen LogP contribution in [0.2, 0.25) is 0 Å². The number of aromatic nitrogens is 1. The Morgan fingerprint density at radius 3 is 2.00 bits per heavy atom.